The Bertz CT molecular complexity index is 1380. The number of esters is 1. The average molecular weight is 595 g/mol. The maximum Gasteiger partial charge on any atom is 0.460 e. The van der Waals surface area contributed by atoms with E-state index in [2.05, 4.69) is 9.97 Å². The van der Waals surface area contributed by atoms with Gasteiger partial charge in [0.05, 0.1) is 12.2 Å². The van der Waals surface area contributed by atoms with Crippen molar-refractivity contribution in [2.75, 3.05) is 6.61 Å². The van der Waals surface area contributed by atoms with E-state index in [-0.39, 0.29) is 18.0 Å². The van der Waals surface area contributed by atoms with E-state index in [9.17, 15) is 57.5 Å². The minimum absolute atomic E-state index is 0.149. The van der Waals surface area contributed by atoms with E-state index in [1.807, 2.05) is 0 Å². The molecule has 17 heteroatoms. The third-order valence-corrected chi connectivity index (χ3v) is 5.89. The standard InChI is InChI=1S/C23H17F12N3O2/c1-11-3-4-16-14(5-11)15(9-38(16)2)17(39)40-10-12(13-7-36-18(37-8-13)20(26,27)28)6-19(24,25)21(29,30)22(31,32)23(33,34)35/h3-5,7-9,12H,6,10H2,1-2H3/t12-/m1/s1. The zero-order valence-electron chi connectivity index (χ0n) is 20.1. The lowest BCUT2D eigenvalue weighted by molar-refractivity contribution is -0.397. The number of rotatable bonds is 8. The molecular formula is C23H17F12N3O2. The number of fused-ring (bicyclic) bond motifs is 1. The Morgan fingerprint density at radius 2 is 1.50 bits per heavy atom. The molecular weight excluding hydrogens is 578 g/mol. The van der Waals surface area contributed by atoms with E-state index in [1.54, 1.807) is 25.1 Å². The van der Waals surface area contributed by atoms with Crippen LogP contribution in [0, 0.1) is 6.92 Å². The van der Waals surface area contributed by atoms with Gasteiger partial charge < -0.3 is 9.30 Å². The molecule has 1 aromatic carbocycles. The van der Waals surface area contributed by atoms with E-state index >= 15 is 0 Å². The molecule has 0 fully saturated rings. The zero-order valence-corrected chi connectivity index (χ0v) is 20.1. The van der Waals surface area contributed by atoms with Crippen LogP contribution in [0.2, 0.25) is 0 Å². The molecule has 3 rings (SSSR count). The lowest BCUT2D eigenvalue weighted by Gasteiger charge is -2.35. The maximum atomic E-state index is 14.4. The van der Waals surface area contributed by atoms with Crippen LogP contribution in [0.1, 0.15) is 39.6 Å². The molecule has 0 radical (unpaired) electrons. The summed E-state index contributed by atoms with van der Waals surface area (Å²) < 4.78 is 166. The molecule has 2 heterocycles. The number of aryl methyl sites for hydroxylation is 2. The van der Waals surface area contributed by atoms with E-state index in [1.165, 1.54) is 17.8 Å². The van der Waals surface area contributed by atoms with Crippen molar-refractivity contribution >= 4 is 16.9 Å². The van der Waals surface area contributed by atoms with Crippen LogP contribution in [0.5, 0.6) is 0 Å². The predicted molar refractivity (Wildman–Crippen MR) is 113 cm³/mol. The molecule has 0 N–H and O–H groups in total. The van der Waals surface area contributed by atoms with Crippen LogP contribution in [-0.4, -0.2) is 51.1 Å². The molecule has 5 nitrogen and oxygen atoms in total. The summed E-state index contributed by atoms with van der Waals surface area (Å²) in [6.07, 6.45) is -13.0. The van der Waals surface area contributed by atoms with Crippen LogP contribution in [0.15, 0.2) is 36.8 Å². The molecule has 0 saturated heterocycles. The Morgan fingerprint density at radius 3 is 2.02 bits per heavy atom. The highest BCUT2D eigenvalue weighted by Crippen LogP contribution is 2.55. The first-order valence-electron chi connectivity index (χ1n) is 10.9. The zero-order chi connectivity index (χ0) is 30.5. The van der Waals surface area contributed by atoms with Gasteiger partial charge in [-0.3, -0.25) is 0 Å². The monoisotopic (exact) mass is 595 g/mol. The first kappa shape index (κ1) is 31.0. The van der Waals surface area contributed by atoms with Crippen LogP contribution in [0.3, 0.4) is 0 Å². The molecule has 0 unspecified atom stereocenters. The van der Waals surface area contributed by atoms with Crippen LogP contribution >= 0.6 is 0 Å². The summed E-state index contributed by atoms with van der Waals surface area (Å²) in [4.78, 5) is 18.4. The highest BCUT2D eigenvalue weighted by molar-refractivity contribution is 6.04. The van der Waals surface area contributed by atoms with Gasteiger partial charge in [-0.1, -0.05) is 11.6 Å². The Balaban J connectivity index is 1.97. The lowest BCUT2D eigenvalue weighted by Crippen LogP contribution is -2.61. The topological polar surface area (TPSA) is 57.0 Å². The van der Waals surface area contributed by atoms with Gasteiger partial charge in [0.25, 0.3) is 0 Å². The van der Waals surface area contributed by atoms with Gasteiger partial charge >= 0.3 is 36.1 Å². The summed E-state index contributed by atoms with van der Waals surface area (Å²) in [6, 6.07) is 4.85. The van der Waals surface area contributed by atoms with Gasteiger partial charge in [0.2, 0.25) is 5.82 Å². The molecule has 3 aromatic rings. The number of alkyl halides is 12. The molecule has 0 aliphatic heterocycles. The fourth-order valence-electron chi connectivity index (χ4n) is 3.74. The van der Waals surface area contributed by atoms with Crippen LogP contribution < -0.4 is 0 Å². The Labute approximate surface area is 216 Å². The van der Waals surface area contributed by atoms with Crippen molar-refractivity contribution < 1.29 is 62.2 Å². The van der Waals surface area contributed by atoms with Gasteiger partial charge in [-0.25, -0.2) is 14.8 Å². The molecule has 0 saturated carbocycles. The largest absolute Gasteiger partial charge is 0.461 e. The second-order valence-electron chi connectivity index (χ2n) is 8.86. The first-order chi connectivity index (χ1) is 18.1. The minimum atomic E-state index is -7.19. The number of ether oxygens (including phenoxy) is 1. The molecule has 0 bridgehead atoms. The van der Waals surface area contributed by atoms with E-state index in [0.29, 0.717) is 16.5 Å². The lowest BCUT2D eigenvalue weighted by atomic mass is 9.90. The Morgan fingerprint density at radius 1 is 0.925 bits per heavy atom. The van der Waals surface area contributed by atoms with E-state index < -0.39 is 66.4 Å². The number of carbonyl (C=O) groups excluding carboxylic acids is 1. The fourth-order valence-corrected chi connectivity index (χ4v) is 3.74. The highest BCUT2D eigenvalue weighted by atomic mass is 19.4. The van der Waals surface area contributed by atoms with Crippen molar-refractivity contribution in [3.05, 3.63) is 59.3 Å². The first-order valence-corrected chi connectivity index (χ1v) is 10.9. The number of halogens is 12. The summed E-state index contributed by atoms with van der Waals surface area (Å²) in [5.41, 5.74) is 0.204. The van der Waals surface area contributed by atoms with E-state index in [4.69, 9.17) is 4.74 Å². The van der Waals surface area contributed by atoms with Crippen molar-refractivity contribution in [1.29, 1.82) is 0 Å². The Hall–Kier alpha value is -3.53. The number of benzene rings is 1. The predicted octanol–water partition coefficient (Wildman–Crippen LogP) is 7.09. The van der Waals surface area contributed by atoms with E-state index in [0.717, 1.165) is 0 Å². The quantitative estimate of drug-likeness (QED) is 0.206. The SMILES string of the molecule is Cc1ccc2c(c1)c(C(=O)OC[C@@H](CC(F)(F)C(F)(F)C(F)(F)C(F)(F)F)c1cnc(C(F)(F)F)nc1)cn2C. The van der Waals surface area contributed by atoms with Gasteiger partial charge in [-0.15, -0.1) is 0 Å². The average Bonchev–Trinajstić information content (AvgIpc) is 3.15. The highest BCUT2D eigenvalue weighted by Gasteiger charge is 2.81. The van der Waals surface area contributed by atoms with Gasteiger partial charge in [0.15, 0.2) is 0 Å². The minimum Gasteiger partial charge on any atom is -0.461 e. The molecule has 0 aliphatic carbocycles. The summed E-state index contributed by atoms with van der Waals surface area (Å²) in [5, 5.41) is 0.309. The maximum absolute atomic E-state index is 14.4. The van der Waals surface area contributed by atoms with Crippen molar-refractivity contribution in [2.24, 2.45) is 7.05 Å². The van der Waals surface area contributed by atoms with Crippen molar-refractivity contribution in [1.82, 2.24) is 14.5 Å². The van der Waals surface area contributed by atoms with Gasteiger partial charge in [-0.05, 0) is 24.6 Å². The summed E-state index contributed by atoms with van der Waals surface area (Å²) in [6.45, 7) is 0.320. The Kier molecular flexibility index (Phi) is 7.86. The van der Waals surface area contributed by atoms with Crippen molar-refractivity contribution in [3.63, 3.8) is 0 Å². The van der Waals surface area contributed by atoms with Crippen LogP contribution in [-0.2, 0) is 18.0 Å². The normalized spacial score (nSPS) is 14.4. The second kappa shape index (κ2) is 10.1. The number of carbonyl (C=O) groups is 1. The number of aromatic nitrogens is 3. The second-order valence-corrected chi connectivity index (χ2v) is 8.86. The van der Waals surface area contributed by atoms with Crippen molar-refractivity contribution in [3.8, 4) is 0 Å². The summed E-state index contributed by atoms with van der Waals surface area (Å²) in [7, 11) is 1.53. The van der Waals surface area contributed by atoms with Gasteiger partial charge in [0.1, 0.15) is 0 Å². The van der Waals surface area contributed by atoms with Crippen LogP contribution in [0.25, 0.3) is 10.9 Å². The smallest absolute Gasteiger partial charge is 0.460 e. The fraction of sp³-hybridized carbons (Fsp3) is 0.435. The van der Waals surface area contributed by atoms with Gasteiger partial charge in [-0.2, -0.15) is 52.7 Å². The molecule has 0 aliphatic rings. The molecule has 40 heavy (non-hydrogen) atoms. The molecule has 1 atom stereocenters. The van der Waals surface area contributed by atoms with Gasteiger partial charge in [0, 0.05) is 48.9 Å². The molecule has 2 aromatic heterocycles. The summed E-state index contributed by atoms with van der Waals surface area (Å²) >= 11 is 0. The molecule has 0 amide bonds. The third-order valence-electron chi connectivity index (χ3n) is 5.89. The number of nitrogens with zero attached hydrogens (tertiary/aromatic N) is 3. The summed E-state index contributed by atoms with van der Waals surface area (Å²) in [5.74, 6) is -25.7. The molecule has 0 spiro atoms. The van der Waals surface area contributed by atoms with Crippen LogP contribution in [0.4, 0.5) is 52.7 Å². The number of hydrogen-bond acceptors (Lipinski definition) is 4. The molecule has 220 valence electrons. The third kappa shape index (κ3) is 5.68. The number of hydrogen-bond donors (Lipinski definition) is 0. The van der Waals surface area contributed by atoms with Crippen molar-refractivity contribution in [2.45, 2.75) is 49.4 Å².